The van der Waals surface area contributed by atoms with E-state index in [1.165, 1.54) is 18.2 Å². The van der Waals surface area contributed by atoms with E-state index in [2.05, 4.69) is 0 Å². The van der Waals surface area contributed by atoms with Crippen LogP contribution in [0.2, 0.25) is 0 Å². The molecular formula is C15H19NO5S. The Hall–Kier alpha value is -1.89. The number of benzene rings is 1. The van der Waals surface area contributed by atoms with E-state index in [9.17, 15) is 18.0 Å². The van der Waals surface area contributed by atoms with Gasteiger partial charge in [-0.2, -0.15) is 0 Å². The number of carbonyl (C=O) groups excluding carboxylic acids is 1. The molecule has 1 aromatic carbocycles. The summed E-state index contributed by atoms with van der Waals surface area (Å²) in [5.74, 6) is -1.33. The summed E-state index contributed by atoms with van der Waals surface area (Å²) in [6.07, 6.45) is 1.15. The Kier molecular flexibility index (Phi) is 4.85. The number of carboxylic acids is 1. The van der Waals surface area contributed by atoms with Gasteiger partial charge in [-0.3, -0.25) is 4.79 Å². The topological polar surface area (TPSA) is 91.8 Å². The number of aromatic carboxylic acids is 1. The van der Waals surface area contributed by atoms with E-state index in [1.54, 1.807) is 11.0 Å². The lowest BCUT2D eigenvalue weighted by Gasteiger charge is -2.28. The van der Waals surface area contributed by atoms with Gasteiger partial charge >= 0.3 is 5.97 Å². The minimum absolute atomic E-state index is 0.0165. The lowest BCUT2D eigenvalue weighted by atomic mass is 10.1. The average molecular weight is 325 g/mol. The van der Waals surface area contributed by atoms with E-state index < -0.39 is 15.8 Å². The average Bonchev–Trinajstić information content (AvgIpc) is 2.84. The lowest BCUT2D eigenvalue weighted by Crippen LogP contribution is -2.41. The first-order chi connectivity index (χ1) is 10.3. The van der Waals surface area contributed by atoms with Crippen molar-refractivity contribution in [2.45, 2.75) is 25.8 Å². The van der Waals surface area contributed by atoms with Crippen LogP contribution in [0.4, 0.5) is 0 Å². The van der Waals surface area contributed by atoms with Crippen LogP contribution >= 0.6 is 0 Å². The van der Waals surface area contributed by atoms with Crippen molar-refractivity contribution in [3.05, 3.63) is 35.4 Å². The second kappa shape index (κ2) is 6.48. The Morgan fingerprint density at radius 2 is 2.00 bits per heavy atom. The van der Waals surface area contributed by atoms with Crippen LogP contribution in [0.1, 0.15) is 40.5 Å². The van der Waals surface area contributed by atoms with Crippen molar-refractivity contribution in [1.82, 2.24) is 4.90 Å². The molecule has 1 amide bonds. The van der Waals surface area contributed by atoms with Gasteiger partial charge in [0, 0.05) is 18.2 Å². The van der Waals surface area contributed by atoms with Gasteiger partial charge < -0.3 is 10.0 Å². The Morgan fingerprint density at radius 3 is 2.55 bits per heavy atom. The third-order valence-corrected chi connectivity index (χ3v) is 5.48. The predicted molar refractivity (Wildman–Crippen MR) is 81.8 cm³/mol. The summed E-state index contributed by atoms with van der Waals surface area (Å²) in [5.41, 5.74) is 0.319. The molecule has 0 bridgehead atoms. The number of hydrogen-bond donors (Lipinski definition) is 1. The normalized spacial score (nSPS) is 19.8. The molecule has 120 valence electrons. The minimum Gasteiger partial charge on any atom is -0.478 e. The van der Waals surface area contributed by atoms with E-state index in [4.69, 9.17) is 5.11 Å². The molecule has 0 spiro atoms. The highest BCUT2D eigenvalue weighted by atomic mass is 32.2. The summed E-state index contributed by atoms with van der Waals surface area (Å²) in [4.78, 5) is 25.2. The number of hydrogen-bond acceptors (Lipinski definition) is 4. The smallest absolute Gasteiger partial charge is 0.335 e. The van der Waals surface area contributed by atoms with Crippen molar-refractivity contribution in [2.75, 3.05) is 18.1 Å². The number of amides is 1. The second-order valence-corrected chi connectivity index (χ2v) is 7.67. The van der Waals surface area contributed by atoms with Crippen LogP contribution in [0.15, 0.2) is 24.3 Å². The van der Waals surface area contributed by atoms with Gasteiger partial charge in [-0.25, -0.2) is 13.2 Å². The molecule has 0 aromatic heterocycles. The Bertz CT molecular complexity index is 683. The van der Waals surface area contributed by atoms with Gasteiger partial charge in [-0.15, -0.1) is 0 Å². The molecule has 7 heteroatoms. The zero-order valence-corrected chi connectivity index (χ0v) is 13.2. The summed E-state index contributed by atoms with van der Waals surface area (Å²) >= 11 is 0. The van der Waals surface area contributed by atoms with Crippen LogP contribution in [-0.4, -0.2) is 54.4 Å². The largest absolute Gasteiger partial charge is 0.478 e. The van der Waals surface area contributed by atoms with Crippen LogP contribution in [0.25, 0.3) is 0 Å². The molecule has 0 aliphatic carbocycles. The van der Waals surface area contributed by atoms with Gasteiger partial charge in [-0.1, -0.05) is 13.0 Å². The SMILES string of the molecule is CCCN(C(=O)c1cccc(C(=O)O)c1)[C@@H]1CCS(=O)(=O)C1. The van der Waals surface area contributed by atoms with E-state index in [-0.39, 0.29) is 34.6 Å². The van der Waals surface area contributed by atoms with Crippen LogP contribution < -0.4 is 0 Å². The molecule has 6 nitrogen and oxygen atoms in total. The highest BCUT2D eigenvalue weighted by molar-refractivity contribution is 7.91. The molecule has 1 aliphatic heterocycles. The maximum atomic E-state index is 12.6. The Labute approximate surface area is 129 Å². The fraction of sp³-hybridized carbons (Fsp3) is 0.467. The van der Waals surface area contributed by atoms with Gasteiger partial charge in [0.25, 0.3) is 5.91 Å². The molecular weight excluding hydrogens is 306 g/mol. The second-order valence-electron chi connectivity index (χ2n) is 5.44. The molecule has 0 saturated carbocycles. The summed E-state index contributed by atoms with van der Waals surface area (Å²) < 4.78 is 23.3. The van der Waals surface area contributed by atoms with Crippen molar-refractivity contribution in [3.63, 3.8) is 0 Å². The van der Waals surface area contributed by atoms with Crippen molar-refractivity contribution in [2.24, 2.45) is 0 Å². The van der Waals surface area contributed by atoms with Crippen LogP contribution in [0, 0.1) is 0 Å². The Morgan fingerprint density at radius 1 is 1.32 bits per heavy atom. The summed E-state index contributed by atoms with van der Waals surface area (Å²) in [6.45, 7) is 2.37. The standard InChI is InChI=1S/C15H19NO5S/c1-2-7-16(13-6-8-22(20,21)10-13)14(17)11-4-3-5-12(9-11)15(18)19/h3-5,9,13H,2,6-8,10H2,1H3,(H,18,19)/t13-/m1/s1. The fourth-order valence-electron chi connectivity index (χ4n) is 2.66. The highest BCUT2D eigenvalue weighted by Gasteiger charge is 2.34. The quantitative estimate of drug-likeness (QED) is 0.884. The number of nitrogens with zero attached hydrogens (tertiary/aromatic N) is 1. The number of carboxylic acid groups (broad SMARTS) is 1. The molecule has 1 N–H and O–H groups in total. The van der Waals surface area contributed by atoms with E-state index in [0.29, 0.717) is 19.4 Å². The van der Waals surface area contributed by atoms with Gasteiger partial charge in [0.1, 0.15) is 0 Å². The van der Waals surface area contributed by atoms with E-state index in [1.807, 2.05) is 6.92 Å². The van der Waals surface area contributed by atoms with Crippen molar-refractivity contribution >= 4 is 21.7 Å². The molecule has 1 heterocycles. The molecule has 1 aliphatic rings. The zero-order chi connectivity index (χ0) is 16.3. The first-order valence-corrected chi connectivity index (χ1v) is 9.01. The van der Waals surface area contributed by atoms with Gasteiger partial charge in [0.15, 0.2) is 9.84 Å². The molecule has 1 saturated heterocycles. The molecule has 1 aromatic rings. The third-order valence-electron chi connectivity index (χ3n) is 3.73. The molecule has 2 rings (SSSR count). The summed E-state index contributed by atoms with van der Waals surface area (Å²) in [5, 5.41) is 9.01. The predicted octanol–water partition coefficient (Wildman–Crippen LogP) is 1.42. The van der Waals surface area contributed by atoms with Crippen LogP contribution in [0.3, 0.4) is 0 Å². The van der Waals surface area contributed by atoms with Gasteiger partial charge in [-0.05, 0) is 31.0 Å². The maximum absolute atomic E-state index is 12.6. The third kappa shape index (κ3) is 3.65. The monoisotopic (exact) mass is 325 g/mol. The lowest BCUT2D eigenvalue weighted by molar-refractivity contribution is 0.0696. The molecule has 22 heavy (non-hydrogen) atoms. The van der Waals surface area contributed by atoms with E-state index in [0.717, 1.165) is 0 Å². The van der Waals surface area contributed by atoms with Gasteiger partial charge in [0.05, 0.1) is 17.1 Å². The maximum Gasteiger partial charge on any atom is 0.335 e. The summed E-state index contributed by atoms with van der Waals surface area (Å²) in [6, 6.07) is 5.50. The molecule has 0 unspecified atom stereocenters. The molecule has 0 radical (unpaired) electrons. The Balaban J connectivity index is 2.27. The van der Waals surface area contributed by atoms with Crippen LogP contribution in [-0.2, 0) is 9.84 Å². The number of rotatable bonds is 5. The minimum atomic E-state index is -3.08. The molecule has 1 fully saturated rings. The van der Waals surface area contributed by atoms with Crippen LogP contribution in [0.5, 0.6) is 0 Å². The highest BCUT2D eigenvalue weighted by Crippen LogP contribution is 2.21. The van der Waals surface area contributed by atoms with Crippen molar-refractivity contribution < 1.29 is 23.1 Å². The zero-order valence-electron chi connectivity index (χ0n) is 12.4. The van der Waals surface area contributed by atoms with Crippen molar-refractivity contribution in [1.29, 1.82) is 0 Å². The number of sulfone groups is 1. The summed E-state index contributed by atoms with van der Waals surface area (Å²) in [7, 11) is -3.08. The number of carbonyl (C=O) groups is 2. The van der Waals surface area contributed by atoms with Gasteiger partial charge in [0.2, 0.25) is 0 Å². The van der Waals surface area contributed by atoms with Crippen molar-refractivity contribution in [3.8, 4) is 0 Å². The first-order valence-electron chi connectivity index (χ1n) is 7.19. The molecule has 1 atom stereocenters. The fourth-order valence-corrected chi connectivity index (χ4v) is 4.39. The van der Waals surface area contributed by atoms with E-state index >= 15 is 0 Å². The first kappa shape index (κ1) is 16.5.